The fourth-order valence-corrected chi connectivity index (χ4v) is 3.67. The first-order chi connectivity index (χ1) is 15.3. The summed E-state index contributed by atoms with van der Waals surface area (Å²) in [6, 6.07) is 20.5. The molecular formula is C24H17Cl2N3O3. The van der Waals surface area contributed by atoms with Crippen molar-refractivity contribution in [1.82, 2.24) is 0 Å². The zero-order chi connectivity index (χ0) is 22.8. The number of imide groups is 1. The highest BCUT2D eigenvalue weighted by Crippen LogP contribution is 2.34. The Labute approximate surface area is 194 Å². The molecule has 0 radical (unpaired) electrons. The highest BCUT2D eigenvalue weighted by molar-refractivity contribution is 6.53. The van der Waals surface area contributed by atoms with E-state index in [0.717, 1.165) is 10.5 Å². The van der Waals surface area contributed by atoms with Crippen molar-refractivity contribution in [3.8, 4) is 0 Å². The number of carbonyl (C=O) groups is 3. The summed E-state index contributed by atoms with van der Waals surface area (Å²) < 4.78 is 0. The average Bonchev–Trinajstić information content (AvgIpc) is 2.98. The second-order valence-electron chi connectivity index (χ2n) is 7.11. The third-order valence-corrected chi connectivity index (χ3v) is 5.48. The van der Waals surface area contributed by atoms with Crippen LogP contribution in [-0.4, -0.2) is 17.7 Å². The first kappa shape index (κ1) is 21.6. The van der Waals surface area contributed by atoms with E-state index in [1.165, 1.54) is 0 Å². The van der Waals surface area contributed by atoms with E-state index in [1.54, 1.807) is 48.5 Å². The quantitative estimate of drug-likeness (QED) is 0.498. The number of benzene rings is 3. The van der Waals surface area contributed by atoms with Gasteiger partial charge in [0, 0.05) is 16.9 Å². The van der Waals surface area contributed by atoms with Crippen LogP contribution in [0, 0.1) is 6.92 Å². The molecule has 4 rings (SSSR count). The lowest BCUT2D eigenvalue weighted by Gasteiger charge is -2.16. The summed E-state index contributed by atoms with van der Waals surface area (Å²) in [4.78, 5) is 38.8. The maximum atomic E-state index is 12.9. The van der Waals surface area contributed by atoms with E-state index in [0.29, 0.717) is 16.9 Å². The number of rotatable bonds is 5. The van der Waals surface area contributed by atoms with Crippen LogP contribution in [0.2, 0.25) is 5.02 Å². The van der Waals surface area contributed by atoms with E-state index >= 15 is 0 Å². The van der Waals surface area contributed by atoms with Crippen molar-refractivity contribution in [1.29, 1.82) is 0 Å². The van der Waals surface area contributed by atoms with E-state index in [2.05, 4.69) is 10.6 Å². The van der Waals surface area contributed by atoms with Crippen LogP contribution in [-0.2, 0) is 9.59 Å². The van der Waals surface area contributed by atoms with Crippen molar-refractivity contribution in [3.63, 3.8) is 0 Å². The van der Waals surface area contributed by atoms with Crippen LogP contribution in [0.5, 0.6) is 0 Å². The summed E-state index contributed by atoms with van der Waals surface area (Å²) in [7, 11) is 0. The lowest BCUT2D eigenvalue weighted by molar-refractivity contribution is -0.120. The number of hydrogen-bond acceptors (Lipinski definition) is 4. The summed E-state index contributed by atoms with van der Waals surface area (Å²) in [6.07, 6.45) is 0. The van der Waals surface area contributed by atoms with Crippen molar-refractivity contribution < 1.29 is 14.4 Å². The molecule has 3 aromatic carbocycles. The standard InChI is InChI=1S/C24H17Cl2N3O3/c1-14-5-4-6-17(13-14)28-22(30)15-9-11-16(12-10-15)27-21-20(26)23(31)29(24(21)32)19-8-3-2-7-18(19)25/h2-13,27H,1H3,(H,28,30). The molecule has 0 aliphatic carbocycles. The molecule has 32 heavy (non-hydrogen) atoms. The molecule has 0 spiro atoms. The summed E-state index contributed by atoms with van der Waals surface area (Å²) in [5.41, 5.74) is 2.85. The first-order valence-corrected chi connectivity index (χ1v) is 10.4. The Morgan fingerprint density at radius 3 is 2.25 bits per heavy atom. The molecule has 3 amide bonds. The van der Waals surface area contributed by atoms with Crippen LogP contribution < -0.4 is 15.5 Å². The predicted molar refractivity (Wildman–Crippen MR) is 126 cm³/mol. The Kier molecular flexibility index (Phi) is 5.99. The molecule has 1 aliphatic rings. The number of hydrogen-bond donors (Lipinski definition) is 2. The normalized spacial score (nSPS) is 13.5. The van der Waals surface area contributed by atoms with Gasteiger partial charge < -0.3 is 10.6 Å². The molecule has 0 bridgehead atoms. The minimum atomic E-state index is -0.665. The molecule has 0 atom stereocenters. The van der Waals surface area contributed by atoms with Crippen LogP contribution in [0.15, 0.2) is 83.5 Å². The molecule has 0 fully saturated rings. The Morgan fingerprint density at radius 2 is 1.56 bits per heavy atom. The minimum Gasteiger partial charge on any atom is -0.350 e. The molecule has 8 heteroatoms. The molecule has 1 heterocycles. The fourth-order valence-electron chi connectivity index (χ4n) is 3.24. The van der Waals surface area contributed by atoms with Gasteiger partial charge in [0.05, 0.1) is 10.7 Å². The third-order valence-electron chi connectivity index (χ3n) is 4.81. The molecule has 0 unspecified atom stereocenters. The summed E-state index contributed by atoms with van der Waals surface area (Å²) in [5, 5.41) is 5.72. The van der Waals surface area contributed by atoms with Gasteiger partial charge in [-0.15, -0.1) is 0 Å². The highest BCUT2D eigenvalue weighted by atomic mass is 35.5. The van der Waals surface area contributed by atoms with Gasteiger partial charge in [-0.05, 0) is 61.0 Å². The number of amides is 3. The van der Waals surface area contributed by atoms with Crippen LogP contribution >= 0.6 is 23.2 Å². The van der Waals surface area contributed by atoms with Gasteiger partial charge in [-0.2, -0.15) is 0 Å². The number of carbonyl (C=O) groups excluding carboxylic acids is 3. The van der Waals surface area contributed by atoms with Crippen LogP contribution in [0.25, 0.3) is 0 Å². The molecule has 160 valence electrons. The maximum absolute atomic E-state index is 12.9. The second kappa shape index (κ2) is 8.86. The number of para-hydroxylation sites is 1. The predicted octanol–water partition coefficient (Wildman–Crippen LogP) is 5.34. The SMILES string of the molecule is Cc1cccc(NC(=O)c2ccc(NC3=C(Cl)C(=O)N(c4ccccc4Cl)C3=O)cc2)c1. The van der Waals surface area contributed by atoms with Crippen molar-refractivity contribution in [2.45, 2.75) is 6.92 Å². The van der Waals surface area contributed by atoms with E-state index in [1.807, 2.05) is 31.2 Å². The van der Waals surface area contributed by atoms with Crippen molar-refractivity contribution in [2.75, 3.05) is 15.5 Å². The van der Waals surface area contributed by atoms with E-state index in [9.17, 15) is 14.4 Å². The van der Waals surface area contributed by atoms with Gasteiger partial charge in [-0.25, -0.2) is 4.90 Å². The fraction of sp³-hybridized carbons (Fsp3) is 0.0417. The van der Waals surface area contributed by atoms with Gasteiger partial charge in [-0.1, -0.05) is 47.5 Å². The van der Waals surface area contributed by atoms with Gasteiger partial charge in [-0.3, -0.25) is 14.4 Å². The summed E-state index contributed by atoms with van der Waals surface area (Å²) in [6.45, 7) is 1.94. The Morgan fingerprint density at radius 1 is 0.844 bits per heavy atom. The molecular weight excluding hydrogens is 449 g/mol. The molecule has 1 aliphatic heterocycles. The molecule has 0 saturated heterocycles. The molecule has 0 aromatic heterocycles. The lowest BCUT2D eigenvalue weighted by atomic mass is 10.1. The monoisotopic (exact) mass is 465 g/mol. The zero-order valence-electron chi connectivity index (χ0n) is 16.9. The Bertz CT molecular complexity index is 1270. The molecule has 0 saturated carbocycles. The Balaban J connectivity index is 1.49. The van der Waals surface area contributed by atoms with E-state index < -0.39 is 11.8 Å². The number of aryl methyl sites for hydroxylation is 1. The van der Waals surface area contributed by atoms with Gasteiger partial charge in [0.2, 0.25) is 0 Å². The maximum Gasteiger partial charge on any atom is 0.283 e. The average molecular weight is 466 g/mol. The number of anilines is 3. The van der Waals surface area contributed by atoms with Gasteiger partial charge in [0.1, 0.15) is 10.7 Å². The number of nitrogens with zero attached hydrogens (tertiary/aromatic N) is 1. The number of nitrogens with one attached hydrogen (secondary N) is 2. The van der Waals surface area contributed by atoms with Crippen molar-refractivity contribution in [2.24, 2.45) is 0 Å². The van der Waals surface area contributed by atoms with E-state index in [-0.39, 0.29) is 27.3 Å². The van der Waals surface area contributed by atoms with Gasteiger partial charge >= 0.3 is 0 Å². The Hall–Kier alpha value is -3.61. The topological polar surface area (TPSA) is 78.5 Å². The van der Waals surface area contributed by atoms with Crippen LogP contribution in [0.3, 0.4) is 0 Å². The van der Waals surface area contributed by atoms with Crippen molar-refractivity contribution in [3.05, 3.63) is 99.7 Å². The molecule has 2 N–H and O–H groups in total. The molecule has 3 aromatic rings. The highest BCUT2D eigenvalue weighted by Gasteiger charge is 2.39. The van der Waals surface area contributed by atoms with Crippen molar-refractivity contribution >= 4 is 58.0 Å². The molecule has 6 nitrogen and oxygen atoms in total. The summed E-state index contributed by atoms with van der Waals surface area (Å²) in [5.74, 6) is -1.55. The first-order valence-electron chi connectivity index (χ1n) is 9.63. The van der Waals surface area contributed by atoms with Gasteiger partial charge in [0.25, 0.3) is 17.7 Å². The second-order valence-corrected chi connectivity index (χ2v) is 7.90. The number of halogens is 2. The van der Waals surface area contributed by atoms with Gasteiger partial charge in [0.15, 0.2) is 0 Å². The van der Waals surface area contributed by atoms with E-state index in [4.69, 9.17) is 23.2 Å². The minimum absolute atomic E-state index is 0.0615. The third kappa shape index (κ3) is 4.23. The zero-order valence-corrected chi connectivity index (χ0v) is 18.4. The summed E-state index contributed by atoms with van der Waals surface area (Å²) >= 11 is 12.3. The van der Waals surface area contributed by atoms with Crippen LogP contribution in [0.4, 0.5) is 17.1 Å². The van der Waals surface area contributed by atoms with Crippen LogP contribution in [0.1, 0.15) is 15.9 Å². The lowest BCUT2D eigenvalue weighted by Crippen LogP contribution is -2.32. The largest absolute Gasteiger partial charge is 0.350 e. The smallest absolute Gasteiger partial charge is 0.283 e.